The van der Waals surface area contributed by atoms with Crippen molar-refractivity contribution in [2.75, 3.05) is 6.54 Å². The average Bonchev–Trinajstić information content (AvgIpc) is 3.29. The van der Waals surface area contributed by atoms with Crippen LogP contribution in [0.3, 0.4) is 0 Å². The number of aromatic amines is 1. The summed E-state index contributed by atoms with van der Waals surface area (Å²) in [6.45, 7) is 0.744. The summed E-state index contributed by atoms with van der Waals surface area (Å²) in [5.74, 6) is 0.650. The first-order valence-corrected chi connectivity index (χ1v) is 10.9. The third-order valence-corrected chi connectivity index (χ3v) is 6.83. The van der Waals surface area contributed by atoms with Crippen LogP contribution in [0.2, 0.25) is 0 Å². The number of fused-ring (bicyclic) bond motifs is 1. The van der Waals surface area contributed by atoms with Crippen molar-refractivity contribution in [1.82, 2.24) is 15.1 Å². The van der Waals surface area contributed by atoms with Crippen LogP contribution in [-0.4, -0.2) is 33.6 Å². The van der Waals surface area contributed by atoms with E-state index in [1.165, 1.54) is 18.1 Å². The minimum Gasteiger partial charge on any atom is -0.334 e. The molecule has 2 aliphatic rings. The molecule has 1 saturated heterocycles. The molecule has 1 unspecified atom stereocenters. The van der Waals surface area contributed by atoms with E-state index in [9.17, 15) is 9.18 Å². The zero-order valence-corrected chi connectivity index (χ0v) is 16.9. The minimum atomic E-state index is -0.334. The predicted octanol–water partition coefficient (Wildman–Crippen LogP) is 5.40. The molecule has 0 spiro atoms. The molecule has 1 aromatic heterocycles. The lowest BCUT2D eigenvalue weighted by atomic mass is 9.69. The number of nitrogens with zero attached hydrogens (tertiary/aromatic N) is 2. The van der Waals surface area contributed by atoms with Crippen molar-refractivity contribution in [2.45, 2.75) is 44.1 Å². The van der Waals surface area contributed by atoms with E-state index in [2.05, 4.69) is 40.5 Å². The predicted molar refractivity (Wildman–Crippen MR) is 115 cm³/mol. The maximum absolute atomic E-state index is 14.1. The zero-order valence-electron chi connectivity index (χ0n) is 16.9. The van der Waals surface area contributed by atoms with Gasteiger partial charge in [-0.3, -0.25) is 9.89 Å². The lowest BCUT2D eigenvalue weighted by Crippen LogP contribution is -2.52. The van der Waals surface area contributed by atoms with Crippen LogP contribution in [0.15, 0.2) is 60.7 Å². The molecule has 3 aromatic rings. The molecule has 154 valence electrons. The summed E-state index contributed by atoms with van der Waals surface area (Å²) in [6.07, 6.45) is 5.58. The number of piperidine rings is 1. The number of amides is 1. The number of carbonyl (C=O) groups excluding carboxylic acids is 1. The first kappa shape index (κ1) is 19.0. The van der Waals surface area contributed by atoms with Gasteiger partial charge in [-0.25, -0.2) is 4.39 Å². The summed E-state index contributed by atoms with van der Waals surface area (Å²) < 4.78 is 14.1. The molecule has 0 radical (unpaired) electrons. The number of carbonyl (C=O) groups is 1. The second-order valence-corrected chi connectivity index (χ2v) is 8.47. The van der Waals surface area contributed by atoms with Gasteiger partial charge in [0.25, 0.3) is 5.91 Å². The van der Waals surface area contributed by atoms with Gasteiger partial charge in [-0.05, 0) is 54.9 Å². The van der Waals surface area contributed by atoms with Crippen molar-refractivity contribution in [3.8, 4) is 11.3 Å². The van der Waals surface area contributed by atoms with E-state index in [1.807, 2.05) is 4.90 Å². The molecule has 1 aliphatic carbocycles. The normalized spacial score (nSPS) is 23.8. The quantitative estimate of drug-likeness (QED) is 0.636. The van der Waals surface area contributed by atoms with E-state index in [-0.39, 0.29) is 17.8 Å². The maximum atomic E-state index is 14.1. The highest BCUT2D eigenvalue weighted by molar-refractivity contribution is 5.93. The SMILES string of the molecule is O=C(c1cc(-c2ccccc2F)n[nH]1)N1CC[C@H](c2ccccc2)C2CCCC[C@H]21. The van der Waals surface area contributed by atoms with Gasteiger partial charge in [0, 0.05) is 18.2 Å². The van der Waals surface area contributed by atoms with Gasteiger partial charge in [0.1, 0.15) is 11.5 Å². The summed E-state index contributed by atoms with van der Waals surface area (Å²) in [7, 11) is 0. The monoisotopic (exact) mass is 403 g/mol. The van der Waals surface area contributed by atoms with Gasteiger partial charge in [0.2, 0.25) is 0 Å². The molecule has 5 rings (SSSR count). The molecular weight excluding hydrogens is 377 g/mol. The molecule has 5 heteroatoms. The number of likely N-dealkylation sites (tertiary alicyclic amines) is 1. The first-order valence-electron chi connectivity index (χ1n) is 10.9. The van der Waals surface area contributed by atoms with Crippen LogP contribution in [-0.2, 0) is 0 Å². The van der Waals surface area contributed by atoms with E-state index in [0.29, 0.717) is 28.8 Å². The summed E-state index contributed by atoms with van der Waals surface area (Å²) in [5.41, 5.74) is 2.71. The van der Waals surface area contributed by atoms with E-state index >= 15 is 0 Å². The highest BCUT2D eigenvalue weighted by atomic mass is 19.1. The zero-order chi connectivity index (χ0) is 20.5. The van der Waals surface area contributed by atoms with Crippen molar-refractivity contribution in [3.05, 3.63) is 77.7 Å². The molecule has 1 N–H and O–H groups in total. The van der Waals surface area contributed by atoms with Crippen molar-refractivity contribution in [1.29, 1.82) is 0 Å². The van der Waals surface area contributed by atoms with Crippen molar-refractivity contribution >= 4 is 5.91 Å². The Morgan fingerprint density at radius 1 is 1.00 bits per heavy atom. The lowest BCUT2D eigenvalue weighted by Gasteiger charge is -2.48. The Morgan fingerprint density at radius 2 is 1.77 bits per heavy atom. The minimum absolute atomic E-state index is 0.0199. The molecule has 2 heterocycles. The Labute approximate surface area is 176 Å². The molecule has 2 fully saturated rings. The summed E-state index contributed by atoms with van der Waals surface area (Å²) in [6, 6.07) is 19.2. The molecule has 1 amide bonds. The van der Waals surface area contributed by atoms with E-state index in [1.54, 1.807) is 24.3 Å². The topological polar surface area (TPSA) is 49.0 Å². The fourth-order valence-electron chi connectivity index (χ4n) is 5.41. The largest absolute Gasteiger partial charge is 0.334 e. The fraction of sp³-hybridized carbons (Fsp3) is 0.360. The van der Waals surface area contributed by atoms with Crippen LogP contribution in [0, 0.1) is 11.7 Å². The Morgan fingerprint density at radius 3 is 2.60 bits per heavy atom. The highest BCUT2D eigenvalue weighted by Gasteiger charge is 2.42. The van der Waals surface area contributed by atoms with E-state index < -0.39 is 0 Å². The molecule has 2 aromatic carbocycles. The van der Waals surface area contributed by atoms with Crippen LogP contribution < -0.4 is 0 Å². The van der Waals surface area contributed by atoms with Gasteiger partial charge in [-0.1, -0.05) is 55.3 Å². The Kier molecular flexibility index (Phi) is 5.11. The number of hydrogen-bond acceptors (Lipinski definition) is 2. The van der Waals surface area contributed by atoms with Gasteiger partial charge in [-0.2, -0.15) is 5.10 Å². The number of rotatable bonds is 3. The van der Waals surface area contributed by atoms with Gasteiger partial charge in [-0.15, -0.1) is 0 Å². The lowest BCUT2D eigenvalue weighted by molar-refractivity contribution is 0.0314. The van der Waals surface area contributed by atoms with Gasteiger partial charge in [0.15, 0.2) is 0 Å². The smallest absolute Gasteiger partial charge is 0.272 e. The van der Waals surface area contributed by atoms with Crippen LogP contribution in [0.25, 0.3) is 11.3 Å². The molecular formula is C25H26FN3O. The van der Waals surface area contributed by atoms with E-state index in [0.717, 1.165) is 32.2 Å². The summed E-state index contributed by atoms with van der Waals surface area (Å²) >= 11 is 0. The Hall–Kier alpha value is -2.95. The molecule has 1 saturated carbocycles. The van der Waals surface area contributed by atoms with Gasteiger partial charge < -0.3 is 4.90 Å². The Balaban J connectivity index is 1.40. The first-order chi connectivity index (χ1) is 14.7. The third-order valence-electron chi connectivity index (χ3n) is 6.83. The maximum Gasteiger partial charge on any atom is 0.272 e. The standard InChI is InChI=1S/C25H26FN3O/c26-21-12-6-4-11-20(21)22-16-23(28-27-22)25(30)29-15-14-18(17-8-2-1-3-9-17)19-10-5-7-13-24(19)29/h1-4,6,8-9,11-12,16,18-19,24H,5,7,10,13-15H2,(H,27,28)/t18-,19?,24-/m1/s1. The van der Waals surface area contributed by atoms with Crippen molar-refractivity contribution in [3.63, 3.8) is 0 Å². The number of H-pyrrole nitrogens is 1. The third kappa shape index (κ3) is 3.42. The highest BCUT2D eigenvalue weighted by Crippen LogP contribution is 2.44. The van der Waals surface area contributed by atoms with Crippen LogP contribution in [0.1, 0.15) is 54.1 Å². The number of benzene rings is 2. The van der Waals surface area contributed by atoms with E-state index in [4.69, 9.17) is 0 Å². The summed E-state index contributed by atoms with van der Waals surface area (Å²) in [4.78, 5) is 15.4. The molecule has 4 nitrogen and oxygen atoms in total. The Bertz CT molecular complexity index is 1030. The molecule has 0 bridgehead atoms. The number of halogens is 1. The molecule has 1 aliphatic heterocycles. The number of aromatic nitrogens is 2. The second kappa shape index (κ2) is 8.05. The molecule has 3 atom stereocenters. The molecule has 30 heavy (non-hydrogen) atoms. The van der Waals surface area contributed by atoms with Crippen LogP contribution in [0.5, 0.6) is 0 Å². The van der Waals surface area contributed by atoms with Crippen LogP contribution in [0.4, 0.5) is 4.39 Å². The fourth-order valence-corrected chi connectivity index (χ4v) is 5.41. The van der Waals surface area contributed by atoms with Gasteiger partial charge >= 0.3 is 0 Å². The average molecular weight is 404 g/mol. The van der Waals surface area contributed by atoms with Gasteiger partial charge in [0.05, 0.1) is 5.69 Å². The van der Waals surface area contributed by atoms with Crippen molar-refractivity contribution < 1.29 is 9.18 Å². The summed E-state index contributed by atoms with van der Waals surface area (Å²) in [5, 5.41) is 7.08. The number of nitrogens with one attached hydrogen (secondary N) is 1. The second-order valence-electron chi connectivity index (χ2n) is 8.47. The number of hydrogen-bond donors (Lipinski definition) is 1. The van der Waals surface area contributed by atoms with Crippen molar-refractivity contribution in [2.24, 2.45) is 5.92 Å². The van der Waals surface area contributed by atoms with Crippen LogP contribution >= 0.6 is 0 Å².